The van der Waals surface area contributed by atoms with Gasteiger partial charge in [0.15, 0.2) is 0 Å². The van der Waals surface area contributed by atoms with Crippen molar-refractivity contribution in [2.75, 3.05) is 6.61 Å². The van der Waals surface area contributed by atoms with E-state index in [-0.39, 0.29) is 16.3 Å². The van der Waals surface area contributed by atoms with Gasteiger partial charge in [-0.15, -0.1) is 0 Å². The Bertz CT molecular complexity index is 788. The van der Waals surface area contributed by atoms with Crippen LogP contribution in [-0.4, -0.2) is 20.9 Å². The van der Waals surface area contributed by atoms with Crippen molar-refractivity contribution in [1.29, 1.82) is 0 Å². The first-order valence-electron chi connectivity index (χ1n) is 6.93. The molecule has 7 heteroatoms. The number of sulfonamides is 1. The Morgan fingerprint density at radius 2 is 1.87 bits per heavy atom. The van der Waals surface area contributed by atoms with Gasteiger partial charge in [0.25, 0.3) is 10.0 Å². The van der Waals surface area contributed by atoms with Crippen LogP contribution in [0.15, 0.2) is 53.4 Å². The maximum Gasteiger partial charge on any atom is 0.264 e. The zero-order valence-electron chi connectivity index (χ0n) is 12.5. The summed E-state index contributed by atoms with van der Waals surface area (Å²) in [7, 11) is -3.93. The highest BCUT2D eigenvalue weighted by atomic mass is 35.5. The molecule has 0 unspecified atom stereocenters. The number of carbonyl (C=O) groups is 1. The molecule has 0 heterocycles. The molecule has 0 atom stereocenters. The molecule has 122 valence electrons. The zero-order valence-corrected chi connectivity index (χ0v) is 14.0. The van der Waals surface area contributed by atoms with E-state index in [2.05, 4.69) is 0 Å². The molecule has 2 aromatic carbocycles. The molecule has 0 fully saturated rings. The molecule has 23 heavy (non-hydrogen) atoms. The fourth-order valence-electron chi connectivity index (χ4n) is 1.93. The van der Waals surface area contributed by atoms with Crippen molar-refractivity contribution in [2.45, 2.75) is 18.2 Å². The van der Waals surface area contributed by atoms with E-state index in [0.717, 1.165) is 0 Å². The summed E-state index contributed by atoms with van der Waals surface area (Å²) in [6, 6.07) is 12.6. The molecule has 5 nitrogen and oxygen atoms in total. The van der Waals surface area contributed by atoms with Crippen LogP contribution in [0.3, 0.4) is 0 Å². The predicted molar refractivity (Wildman–Crippen MR) is 88.1 cm³/mol. The van der Waals surface area contributed by atoms with Gasteiger partial charge in [-0.25, -0.2) is 13.1 Å². The molecule has 1 N–H and O–H groups in total. The SMILES string of the molecule is CCOc1ccc(CC(=O)NS(=O)(=O)c2cccc(Cl)c2)cc1. The Labute approximate surface area is 140 Å². The van der Waals surface area contributed by atoms with Crippen molar-refractivity contribution >= 4 is 27.5 Å². The quantitative estimate of drug-likeness (QED) is 0.866. The molecule has 0 aromatic heterocycles. The van der Waals surface area contributed by atoms with E-state index in [4.69, 9.17) is 16.3 Å². The van der Waals surface area contributed by atoms with E-state index < -0.39 is 15.9 Å². The smallest absolute Gasteiger partial charge is 0.264 e. The second kappa shape index (κ2) is 7.48. The maximum absolute atomic E-state index is 12.1. The van der Waals surface area contributed by atoms with Gasteiger partial charge in [0.2, 0.25) is 5.91 Å². The van der Waals surface area contributed by atoms with Crippen LogP contribution in [0.25, 0.3) is 0 Å². The third-order valence-corrected chi connectivity index (χ3v) is 4.56. The minimum absolute atomic E-state index is 0.0494. The van der Waals surface area contributed by atoms with Gasteiger partial charge in [0.05, 0.1) is 17.9 Å². The normalized spacial score (nSPS) is 11.0. The Balaban J connectivity index is 2.04. The van der Waals surface area contributed by atoms with E-state index in [1.807, 2.05) is 11.6 Å². The molecule has 0 aliphatic carbocycles. The van der Waals surface area contributed by atoms with E-state index in [0.29, 0.717) is 17.9 Å². The topological polar surface area (TPSA) is 72.5 Å². The third kappa shape index (κ3) is 4.97. The summed E-state index contributed by atoms with van der Waals surface area (Å²) >= 11 is 5.77. The summed E-state index contributed by atoms with van der Waals surface area (Å²) in [5, 5.41) is 0.284. The number of amides is 1. The average Bonchev–Trinajstić information content (AvgIpc) is 2.49. The van der Waals surface area contributed by atoms with Crippen molar-refractivity contribution in [1.82, 2.24) is 4.72 Å². The van der Waals surface area contributed by atoms with Crippen LogP contribution in [0.2, 0.25) is 5.02 Å². The standard InChI is InChI=1S/C16H16ClNO4S/c1-2-22-14-8-6-12(7-9-14)10-16(19)18-23(20,21)15-5-3-4-13(17)11-15/h3-9,11H,2,10H2,1H3,(H,18,19). The highest BCUT2D eigenvalue weighted by Crippen LogP contribution is 2.16. The van der Waals surface area contributed by atoms with Crippen LogP contribution in [-0.2, 0) is 21.2 Å². The number of rotatable bonds is 6. The van der Waals surface area contributed by atoms with Crippen LogP contribution in [0, 0.1) is 0 Å². The first-order chi connectivity index (χ1) is 10.9. The third-order valence-electron chi connectivity index (χ3n) is 2.95. The molecule has 0 bridgehead atoms. The molecule has 2 aromatic rings. The zero-order chi connectivity index (χ0) is 16.9. The number of benzene rings is 2. The molecular formula is C16H16ClNO4S. The van der Waals surface area contributed by atoms with Gasteiger partial charge in [-0.05, 0) is 42.8 Å². The molecular weight excluding hydrogens is 338 g/mol. The molecule has 0 spiro atoms. The predicted octanol–water partition coefficient (Wildman–Crippen LogP) is 2.79. The lowest BCUT2D eigenvalue weighted by Crippen LogP contribution is -2.31. The lowest BCUT2D eigenvalue weighted by molar-refractivity contribution is -0.118. The van der Waals surface area contributed by atoms with Gasteiger partial charge in [0, 0.05) is 5.02 Å². The highest BCUT2D eigenvalue weighted by molar-refractivity contribution is 7.90. The van der Waals surface area contributed by atoms with Crippen LogP contribution in [0.1, 0.15) is 12.5 Å². The molecule has 0 aliphatic heterocycles. The molecule has 0 saturated heterocycles. The fraction of sp³-hybridized carbons (Fsp3) is 0.188. The number of carbonyl (C=O) groups excluding carboxylic acids is 1. The molecule has 0 aliphatic rings. The van der Waals surface area contributed by atoms with Crippen molar-refractivity contribution in [3.63, 3.8) is 0 Å². The highest BCUT2D eigenvalue weighted by Gasteiger charge is 2.18. The number of halogens is 1. The summed E-state index contributed by atoms with van der Waals surface area (Å²) in [5.74, 6) is 0.0809. The van der Waals surface area contributed by atoms with Gasteiger partial charge in [0.1, 0.15) is 5.75 Å². The van der Waals surface area contributed by atoms with Crippen LogP contribution >= 0.6 is 11.6 Å². The number of hydrogen-bond donors (Lipinski definition) is 1. The summed E-state index contributed by atoms with van der Waals surface area (Å²) in [5.41, 5.74) is 0.687. The summed E-state index contributed by atoms with van der Waals surface area (Å²) in [6.07, 6.45) is -0.0494. The van der Waals surface area contributed by atoms with Crippen molar-refractivity contribution in [2.24, 2.45) is 0 Å². The van der Waals surface area contributed by atoms with Gasteiger partial charge >= 0.3 is 0 Å². The Hall–Kier alpha value is -2.05. The second-order valence-corrected chi connectivity index (χ2v) is 6.86. The van der Waals surface area contributed by atoms with E-state index >= 15 is 0 Å². The van der Waals surface area contributed by atoms with Crippen molar-refractivity contribution in [3.05, 3.63) is 59.1 Å². The minimum Gasteiger partial charge on any atom is -0.494 e. The van der Waals surface area contributed by atoms with Gasteiger partial charge in [-0.1, -0.05) is 29.8 Å². The summed E-state index contributed by atoms with van der Waals surface area (Å²) in [4.78, 5) is 11.9. The van der Waals surface area contributed by atoms with E-state index in [1.54, 1.807) is 30.3 Å². The first kappa shape index (κ1) is 17.3. The van der Waals surface area contributed by atoms with E-state index in [9.17, 15) is 13.2 Å². The Morgan fingerprint density at radius 3 is 2.48 bits per heavy atom. The fourth-order valence-corrected chi connectivity index (χ4v) is 3.22. The van der Waals surface area contributed by atoms with Gasteiger partial charge in [-0.3, -0.25) is 4.79 Å². The lowest BCUT2D eigenvalue weighted by Gasteiger charge is -2.08. The monoisotopic (exact) mass is 353 g/mol. The average molecular weight is 354 g/mol. The van der Waals surface area contributed by atoms with Gasteiger partial charge in [-0.2, -0.15) is 0 Å². The lowest BCUT2D eigenvalue weighted by atomic mass is 10.1. The minimum atomic E-state index is -3.93. The van der Waals surface area contributed by atoms with Crippen molar-refractivity contribution < 1.29 is 17.9 Å². The van der Waals surface area contributed by atoms with Gasteiger partial charge < -0.3 is 4.74 Å². The number of ether oxygens (including phenoxy) is 1. The molecule has 0 radical (unpaired) electrons. The summed E-state index contributed by atoms with van der Waals surface area (Å²) in [6.45, 7) is 2.43. The molecule has 1 amide bonds. The summed E-state index contributed by atoms with van der Waals surface area (Å²) < 4.78 is 31.6. The molecule has 2 rings (SSSR count). The van der Waals surface area contributed by atoms with Crippen LogP contribution in [0.4, 0.5) is 0 Å². The Morgan fingerprint density at radius 1 is 1.17 bits per heavy atom. The first-order valence-corrected chi connectivity index (χ1v) is 8.80. The number of hydrogen-bond acceptors (Lipinski definition) is 4. The van der Waals surface area contributed by atoms with Crippen LogP contribution in [0.5, 0.6) is 5.75 Å². The van der Waals surface area contributed by atoms with Crippen LogP contribution < -0.4 is 9.46 Å². The number of nitrogens with one attached hydrogen (secondary N) is 1. The largest absolute Gasteiger partial charge is 0.494 e. The maximum atomic E-state index is 12.1. The second-order valence-electron chi connectivity index (χ2n) is 4.74. The van der Waals surface area contributed by atoms with Crippen molar-refractivity contribution in [3.8, 4) is 5.75 Å². The van der Waals surface area contributed by atoms with E-state index in [1.165, 1.54) is 18.2 Å². The Kier molecular flexibility index (Phi) is 5.63. The molecule has 0 saturated carbocycles.